The summed E-state index contributed by atoms with van der Waals surface area (Å²) in [6.07, 6.45) is 0. The summed E-state index contributed by atoms with van der Waals surface area (Å²) in [5.41, 5.74) is 0.675. The second kappa shape index (κ2) is 6.81. The van der Waals surface area contributed by atoms with Crippen molar-refractivity contribution in [3.8, 4) is 17.2 Å². The third-order valence-corrected chi connectivity index (χ3v) is 4.66. The van der Waals surface area contributed by atoms with Crippen LogP contribution in [0.2, 0.25) is 0 Å². The fourth-order valence-electron chi connectivity index (χ4n) is 1.58. The van der Waals surface area contributed by atoms with Gasteiger partial charge in [0.05, 0.1) is 26.6 Å². The zero-order valence-electron chi connectivity index (χ0n) is 12.4. The Balaban J connectivity index is 3.05. The molecule has 0 aliphatic carbocycles. The Bertz CT molecular complexity index is 554. The van der Waals surface area contributed by atoms with Gasteiger partial charge in [0.2, 0.25) is 10.0 Å². The molecule has 0 fully saturated rings. The maximum absolute atomic E-state index is 11.8. The average Bonchev–Trinajstić information content (AvgIpc) is 2.43. The van der Waals surface area contributed by atoms with E-state index in [4.69, 9.17) is 14.2 Å². The van der Waals surface area contributed by atoms with Crippen LogP contribution in [0.15, 0.2) is 12.1 Å². The number of rotatable bonds is 7. The van der Waals surface area contributed by atoms with Crippen LogP contribution in [0.5, 0.6) is 17.2 Å². The van der Waals surface area contributed by atoms with E-state index in [1.165, 1.54) is 21.3 Å². The van der Waals surface area contributed by atoms with Crippen LogP contribution in [0.4, 0.5) is 0 Å². The first kappa shape index (κ1) is 16.6. The highest BCUT2D eigenvalue weighted by Crippen LogP contribution is 2.34. The molecule has 0 saturated heterocycles. The Labute approximate surface area is 120 Å². The fraction of sp³-hybridized carbons (Fsp3) is 0.538. The van der Waals surface area contributed by atoms with Crippen LogP contribution >= 0.6 is 0 Å². The van der Waals surface area contributed by atoms with Gasteiger partial charge in [0.25, 0.3) is 0 Å². The van der Waals surface area contributed by atoms with E-state index in [0.717, 1.165) is 0 Å². The molecule has 0 bridgehead atoms. The van der Waals surface area contributed by atoms with Crippen molar-refractivity contribution in [3.05, 3.63) is 17.7 Å². The molecular weight excluding hydrogens is 282 g/mol. The van der Waals surface area contributed by atoms with Crippen LogP contribution in [-0.2, 0) is 16.6 Å². The first-order chi connectivity index (χ1) is 9.35. The summed E-state index contributed by atoms with van der Waals surface area (Å²) in [4.78, 5) is 0. The number of methoxy groups -OCH3 is 3. The monoisotopic (exact) mass is 303 g/mol. The molecule has 0 aromatic heterocycles. The summed E-state index contributed by atoms with van der Waals surface area (Å²) in [6.45, 7) is 3.37. The van der Waals surface area contributed by atoms with E-state index in [0.29, 0.717) is 22.8 Å². The number of hydrogen-bond donors (Lipinski definition) is 1. The lowest BCUT2D eigenvalue weighted by Crippen LogP contribution is -2.30. The SMILES string of the molecule is COc1cc(OC)c(OC)cc1CNS(=O)(=O)C(C)C. The zero-order valence-corrected chi connectivity index (χ0v) is 13.2. The molecule has 0 spiro atoms. The lowest BCUT2D eigenvalue weighted by atomic mass is 10.1. The van der Waals surface area contributed by atoms with Gasteiger partial charge in [0.15, 0.2) is 11.5 Å². The molecule has 1 N–H and O–H groups in total. The normalized spacial score (nSPS) is 11.5. The van der Waals surface area contributed by atoms with Crippen molar-refractivity contribution in [2.45, 2.75) is 25.6 Å². The van der Waals surface area contributed by atoms with Crippen molar-refractivity contribution < 1.29 is 22.6 Å². The van der Waals surface area contributed by atoms with Gasteiger partial charge < -0.3 is 14.2 Å². The maximum Gasteiger partial charge on any atom is 0.214 e. The van der Waals surface area contributed by atoms with E-state index in [-0.39, 0.29) is 6.54 Å². The number of ether oxygens (including phenoxy) is 3. The Morgan fingerprint density at radius 1 is 1.00 bits per heavy atom. The molecule has 1 aromatic rings. The first-order valence-corrected chi connectivity index (χ1v) is 7.67. The summed E-state index contributed by atoms with van der Waals surface area (Å²) in [6, 6.07) is 3.36. The second-order valence-corrected chi connectivity index (χ2v) is 6.76. The van der Waals surface area contributed by atoms with E-state index >= 15 is 0 Å². The van der Waals surface area contributed by atoms with Crippen molar-refractivity contribution >= 4 is 10.0 Å². The number of sulfonamides is 1. The molecule has 7 heteroatoms. The van der Waals surface area contributed by atoms with Crippen molar-refractivity contribution in [2.75, 3.05) is 21.3 Å². The fourth-order valence-corrected chi connectivity index (χ4v) is 2.27. The van der Waals surface area contributed by atoms with E-state index in [9.17, 15) is 8.42 Å². The Kier molecular flexibility index (Phi) is 5.64. The number of nitrogens with one attached hydrogen (secondary N) is 1. The molecule has 0 amide bonds. The van der Waals surface area contributed by atoms with Gasteiger partial charge in [-0.2, -0.15) is 0 Å². The Morgan fingerprint density at radius 2 is 1.50 bits per heavy atom. The van der Waals surface area contributed by atoms with Crippen molar-refractivity contribution in [3.63, 3.8) is 0 Å². The predicted molar refractivity (Wildman–Crippen MR) is 77.0 cm³/mol. The second-order valence-electron chi connectivity index (χ2n) is 4.43. The van der Waals surface area contributed by atoms with Crippen LogP contribution in [0.1, 0.15) is 19.4 Å². The van der Waals surface area contributed by atoms with Crippen molar-refractivity contribution in [2.24, 2.45) is 0 Å². The van der Waals surface area contributed by atoms with Gasteiger partial charge in [-0.15, -0.1) is 0 Å². The zero-order chi connectivity index (χ0) is 15.3. The number of hydrogen-bond acceptors (Lipinski definition) is 5. The summed E-state index contributed by atoms with van der Waals surface area (Å²) in [5.74, 6) is 1.58. The maximum atomic E-state index is 11.8. The molecule has 0 unspecified atom stereocenters. The molecule has 20 heavy (non-hydrogen) atoms. The molecule has 0 radical (unpaired) electrons. The minimum atomic E-state index is -3.33. The summed E-state index contributed by atoms with van der Waals surface area (Å²) >= 11 is 0. The van der Waals surface area contributed by atoms with Gasteiger partial charge in [0.1, 0.15) is 5.75 Å². The molecule has 114 valence electrons. The van der Waals surface area contributed by atoms with E-state index in [2.05, 4.69) is 4.72 Å². The smallest absolute Gasteiger partial charge is 0.214 e. The molecule has 0 heterocycles. The van der Waals surface area contributed by atoms with Gasteiger partial charge in [-0.25, -0.2) is 13.1 Å². The first-order valence-electron chi connectivity index (χ1n) is 6.13. The third kappa shape index (κ3) is 3.77. The third-order valence-electron chi connectivity index (χ3n) is 2.87. The lowest BCUT2D eigenvalue weighted by molar-refractivity contribution is 0.347. The molecule has 0 atom stereocenters. The predicted octanol–water partition coefficient (Wildman–Crippen LogP) is 1.54. The van der Waals surface area contributed by atoms with Gasteiger partial charge in [-0.1, -0.05) is 0 Å². The molecule has 1 aromatic carbocycles. The highest BCUT2D eigenvalue weighted by Gasteiger charge is 2.17. The molecular formula is C13H21NO5S. The summed E-state index contributed by atoms with van der Waals surface area (Å²) in [7, 11) is 1.23. The van der Waals surface area contributed by atoms with Gasteiger partial charge >= 0.3 is 0 Å². The van der Waals surface area contributed by atoms with Crippen LogP contribution in [0.25, 0.3) is 0 Å². The minimum Gasteiger partial charge on any atom is -0.496 e. The molecule has 0 saturated carbocycles. The largest absolute Gasteiger partial charge is 0.496 e. The van der Waals surface area contributed by atoms with E-state index < -0.39 is 15.3 Å². The van der Waals surface area contributed by atoms with Crippen molar-refractivity contribution in [1.29, 1.82) is 0 Å². The summed E-state index contributed by atoms with van der Waals surface area (Å²) < 4.78 is 41.7. The minimum absolute atomic E-state index is 0.129. The highest BCUT2D eigenvalue weighted by atomic mass is 32.2. The molecule has 1 rings (SSSR count). The summed E-state index contributed by atoms with van der Waals surface area (Å²) in [5, 5.41) is -0.492. The van der Waals surface area contributed by atoms with E-state index in [1.807, 2.05) is 0 Å². The topological polar surface area (TPSA) is 73.9 Å². The van der Waals surface area contributed by atoms with Crippen LogP contribution in [0.3, 0.4) is 0 Å². The Hall–Kier alpha value is -1.47. The van der Waals surface area contributed by atoms with Crippen LogP contribution in [0, 0.1) is 0 Å². The standard InChI is InChI=1S/C13H21NO5S/c1-9(2)20(15,16)14-8-10-6-12(18-4)13(19-5)7-11(10)17-3/h6-7,9,14H,8H2,1-5H3. The Morgan fingerprint density at radius 3 is 1.95 bits per heavy atom. The molecule has 0 aliphatic rings. The van der Waals surface area contributed by atoms with Crippen LogP contribution < -0.4 is 18.9 Å². The highest BCUT2D eigenvalue weighted by molar-refractivity contribution is 7.90. The number of benzene rings is 1. The molecule has 0 aliphatic heterocycles. The van der Waals surface area contributed by atoms with E-state index in [1.54, 1.807) is 26.0 Å². The van der Waals surface area contributed by atoms with Crippen LogP contribution in [-0.4, -0.2) is 35.0 Å². The quantitative estimate of drug-likeness (QED) is 0.827. The molecule has 6 nitrogen and oxygen atoms in total. The van der Waals surface area contributed by atoms with Gasteiger partial charge in [-0.05, 0) is 19.9 Å². The van der Waals surface area contributed by atoms with Gasteiger partial charge in [-0.3, -0.25) is 0 Å². The lowest BCUT2D eigenvalue weighted by Gasteiger charge is -2.15. The average molecular weight is 303 g/mol. The van der Waals surface area contributed by atoms with Crippen molar-refractivity contribution in [1.82, 2.24) is 4.72 Å². The van der Waals surface area contributed by atoms with Gasteiger partial charge in [0, 0.05) is 18.2 Å².